The Balaban J connectivity index is 1.87. The third-order valence-electron chi connectivity index (χ3n) is 3.61. The molecule has 21 heavy (non-hydrogen) atoms. The molecule has 1 aliphatic heterocycles. The van der Waals surface area contributed by atoms with E-state index in [0.717, 1.165) is 11.3 Å². The van der Waals surface area contributed by atoms with Gasteiger partial charge < -0.3 is 19.9 Å². The van der Waals surface area contributed by atoms with Gasteiger partial charge >= 0.3 is 5.97 Å². The number of methoxy groups -OCH3 is 1. The van der Waals surface area contributed by atoms with Crippen LogP contribution in [0.4, 0.5) is 0 Å². The Hall–Kier alpha value is -2.08. The molecule has 1 saturated heterocycles. The van der Waals surface area contributed by atoms with Gasteiger partial charge in [0.05, 0.1) is 13.7 Å². The van der Waals surface area contributed by atoms with Gasteiger partial charge in [0.25, 0.3) is 0 Å². The number of carboxylic acid groups (broad SMARTS) is 1. The third-order valence-corrected chi connectivity index (χ3v) is 3.61. The largest absolute Gasteiger partial charge is 0.497 e. The first-order valence-corrected chi connectivity index (χ1v) is 6.81. The quantitative estimate of drug-likeness (QED) is 0.817. The molecule has 1 amide bonds. The summed E-state index contributed by atoms with van der Waals surface area (Å²) >= 11 is 0. The molecule has 1 atom stereocenters. The highest BCUT2D eigenvalue weighted by molar-refractivity contribution is 5.87. The molecule has 1 heterocycles. The molecule has 1 aromatic rings. The Morgan fingerprint density at radius 2 is 2.10 bits per heavy atom. The summed E-state index contributed by atoms with van der Waals surface area (Å²) in [6.07, 6.45) is 1.09. The SMILES string of the molecule is COc1ccc(CCC(=O)NC2(C(=O)O)CCOC2)cc1. The Morgan fingerprint density at radius 1 is 1.38 bits per heavy atom. The van der Waals surface area contributed by atoms with Gasteiger partial charge in [-0.2, -0.15) is 0 Å². The van der Waals surface area contributed by atoms with Gasteiger partial charge in [-0.15, -0.1) is 0 Å². The maximum absolute atomic E-state index is 12.0. The van der Waals surface area contributed by atoms with Crippen molar-refractivity contribution in [3.05, 3.63) is 29.8 Å². The maximum atomic E-state index is 12.0. The molecular formula is C15H19NO5. The monoisotopic (exact) mass is 293 g/mol. The molecule has 2 rings (SSSR count). The van der Waals surface area contributed by atoms with E-state index >= 15 is 0 Å². The number of benzene rings is 1. The van der Waals surface area contributed by atoms with Gasteiger partial charge in [-0.25, -0.2) is 4.79 Å². The van der Waals surface area contributed by atoms with E-state index in [-0.39, 0.29) is 18.9 Å². The zero-order chi connectivity index (χ0) is 15.3. The highest BCUT2D eigenvalue weighted by Gasteiger charge is 2.43. The van der Waals surface area contributed by atoms with Crippen molar-refractivity contribution < 1.29 is 24.2 Å². The lowest BCUT2D eigenvalue weighted by Gasteiger charge is -2.23. The van der Waals surface area contributed by atoms with Crippen molar-refractivity contribution >= 4 is 11.9 Å². The van der Waals surface area contributed by atoms with Crippen molar-refractivity contribution in [1.29, 1.82) is 0 Å². The lowest BCUT2D eigenvalue weighted by Crippen LogP contribution is -2.55. The van der Waals surface area contributed by atoms with E-state index < -0.39 is 11.5 Å². The van der Waals surface area contributed by atoms with Gasteiger partial charge in [-0.05, 0) is 24.1 Å². The summed E-state index contributed by atoms with van der Waals surface area (Å²) in [7, 11) is 1.59. The van der Waals surface area contributed by atoms with Gasteiger partial charge in [-0.1, -0.05) is 12.1 Å². The molecule has 1 unspecified atom stereocenters. The van der Waals surface area contributed by atoms with Crippen molar-refractivity contribution in [2.75, 3.05) is 20.3 Å². The number of rotatable bonds is 6. The molecule has 2 N–H and O–H groups in total. The second kappa shape index (κ2) is 6.58. The van der Waals surface area contributed by atoms with E-state index in [9.17, 15) is 14.7 Å². The highest BCUT2D eigenvalue weighted by Crippen LogP contribution is 2.19. The van der Waals surface area contributed by atoms with Crippen LogP contribution in [0.3, 0.4) is 0 Å². The first-order chi connectivity index (χ1) is 10.1. The minimum absolute atomic E-state index is 0.0244. The predicted octanol–water partition coefficient (Wildman–Crippen LogP) is 0.988. The van der Waals surface area contributed by atoms with Crippen LogP contribution in [-0.2, 0) is 20.7 Å². The number of nitrogens with one attached hydrogen (secondary N) is 1. The topological polar surface area (TPSA) is 84.9 Å². The maximum Gasteiger partial charge on any atom is 0.331 e. The highest BCUT2D eigenvalue weighted by atomic mass is 16.5. The normalized spacial score (nSPS) is 21.0. The van der Waals surface area contributed by atoms with Crippen molar-refractivity contribution in [2.24, 2.45) is 0 Å². The molecule has 114 valence electrons. The number of aryl methyl sites for hydroxylation is 1. The van der Waals surface area contributed by atoms with Crippen LogP contribution in [-0.4, -0.2) is 42.8 Å². The van der Waals surface area contributed by atoms with Crippen LogP contribution < -0.4 is 10.1 Å². The number of carbonyl (C=O) groups is 2. The molecule has 0 aromatic heterocycles. The van der Waals surface area contributed by atoms with E-state index in [1.165, 1.54) is 0 Å². The van der Waals surface area contributed by atoms with E-state index in [1.54, 1.807) is 7.11 Å². The molecule has 0 aliphatic carbocycles. The molecule has 6 heteroatoms. The third kappa shape index (κ3) is 3.72. The number of amides is 1. The van der Waals surface area contributed by atoms with E-state index in [4.69, 9.17) is 9.47 Å². The molecule has 0 saturated carbocycles. The van der Waals surface area contributed by atoms with Crippen LogP contribution in [0.15, 0.2) is 24.3 Å². The molecule has 6 nitrogen and oxygen atoms in total. The fourth-order valence-corrected chi connectivity index (χ4v) is 2.27. The van der Waals surface area contributed by atoms with E-state index in [0.29, 0.717) is 19.4 Å². The summed E-state index contributed by atoms with van der Waals surface area (Å²) in [5.41, 5.74) is -0.269. The van der Waals surface area contributed by atoms with Gasteiger partial charge in [0.1, 0.15) is 5.75 Å². The van der Waals surface area contributed by atoms with Crippen LogP contribution in [0, 0.1) is 0 Å². The molecule has 0 radical (unpaired) electrons. The number of carboxylic acids is 1. The summed E-state index contributed by atoms with van der Waals surface area (Å²) in [4.78, 5) is 23.2. The number of aliphatic carboxylic acids is 1. The summed E-state index contributed by atoms with van der Waals surface area (Å²) in [6, 6.07) is 7.43. The molecule has 0 spiro atoms. The lowest BCUT2D eigenvalue weighted by molar-refractivity contribution is -0.147. The van der Waals surface area contributed by atoms with E-state index in [1.807, 2.05) is 24.3 Å². The van der Waals surface area contributed by atoms with Crippen molar-refractivity contribution in [3.8, 4) is 5.75 Å². The molecule has 1 aromatic carbocycles. The van der Waals surface area contributed by atoms with E-state index in [2.05, 4.69) is 5.32 Å². The lowest BCUT2D eigenvalue weighted by atomic mass is 9.98. The summed E-state index contributed by atoms with van der Waals surface area (Å²) < 4.78 is 10.2. The van der Waals surface area contributed by atoms with Crippen molar-refractivity contribution in [3.63, 3.8) is 0 Å². The Morgan fingerprint density at radius 3 is 2.62 bits per heavy atom. The van der Waals surface area contributed by atoms with Crippen molar-refractivity contribution in [2.45, 2.75) is 24.8 Å². The molecular weight excluding hydrogens is 274 g/mol. The van der Waals surface area contributed by atoms with Crippen LogP contribution in [0.2, 0.25) is 0 Å². The van der Waals surface area contributed by atoms with Crippen LogP contribution in [0.5, 0.6) is 5.75 Å². The van der Waals surface area contributed by atoms with Gasteiger partial charge in [0.2, 0.25) is 5.91 Å². The fraction of sp³-hybridized carbons (Fsp3) is 0.467. The number of hydrogen-bond donors (Lipinski definition) is 2. The zero-order valence-electron chi connectivity index (χ0n) is 11.9. The average Bonchev–Trinajstić information content (AvgIpc) is 2.95. The Kier molecular flexibility index (Phi) is 4.80. The van der Waals surface area contributed by atoms with Gasteiger partial charge in [0, 0.05) is 19.4 Å². The minimum atomic E-state index is -1.27. The first kappa shape index (κ1) is 15.3. The van der Waals surface area contributed by atoms with Crippen molar-refractivity contribution in [1.82, 2.24) is 5.32 Å². The second-order valence-electron chi connectivity index (χ2n) is 5.09. The number of ether oxygens (including phenoxy) is 2. The molecule has 1 fully saturated rings. The predicted molar refractivity (Wildman–Crippen MR) is 75.3 cm³/mol. The Bertz CT molecular complexity index is 505. The fourth-order valence-electron chi connectivity index (χ4n) is 2.27. The van der Waals surface area contributed by atoms with Gasteiger partial charge in [-0.3, -0.25) is 4.79 Å². The molecule has 1 aliphatic rings. The number of carbonyl (C=O) groups excluding carboxylic acids is 1. The standard InChI is InChI=1S/C15H19NO5/c1-20-12-5-2-11(3-6-12)4-7-13(17)16-15(14(18)19)8-9-21-10-15/h2-3,5-6H,4,7-10H2,1H3,(H,16,17)(H,18,19). The summed E-state index contributed by atoms with van der Waals surface area (Å²) in [5.74, 6) is -0.562. The first-order valence-electron chi connectivity index (χ1n) is 6.81. The van der Waals surface area contributed by atoms with Crippen LogP contribution >= 0.6 is 0 Å². The average molecular weight is 293 g/mol. The van der Waals surface area contributed by atoms with Crippen LogP contribution in [0.1, 0.15) is 18.4 Å². The van der Waals surface area contributed by atoms with Crippen LogP contribution in [0.25, 0.3) is 0 Å². The summed E-state index contributed by atoms with van der Waals surface area (Å²) in [6.45, 7) is 0.377. The Labute approximate surface area is 123 Å². The summed E-state index contributed by atoms with van der Waals surface area (Å²) in [5, 5.41) is 11.8. The zero-order valence-corrected chi connectivity index (χ0v) is 11.9. The van der Waals surface area contributed by atoms with Gasteiger partial charge in [0.15, 0.2) is 5.54 Å². The molecule has 0 bridgehead atoms. The second-order valence-corrected chi connectivity index (χ2v) is 5.09. The minimum Gasteiger partial charge on any atom is -0.497 e. The number of hydrogen-bond acceptors (Lipinski definition) is 4. The smallest absolute Gasteiger partial charge is 0.331 e.